The standard InChI is InChI=1S/C18H13N3O3S/c1-10-15(25-17(19-10)11-5-3-2-4-6-11)16(22)20-12-7-8-13-14(9-12)24-18(23)21-13/h2-9H,1H3,(H,20,22)(H,21,23). The van der Waals surface area contributed by atoms with Crippen LogP contribution in [0.4, 0.5) is 5.69 Å². The van der Waals surface area contributed by atoms with Crippen molar-refractivity contribution in [3.8, 4) is 10.6 Å². The van der Waals surface area contributed by atoms with Crippen LogP contribution in [0.2, 0.25) is 0 Å². The number of aryl methyl sites for hydroxylation is 1. The number of hydrogen-bond acceptors (Lipinski definition) is 5. The summed E-state index contributed by atoms with van der Waals surface area (Å²) in [5.41, 5.74) is 3.19. The predicted octanol–water partition coefficient (Wildman–Crippen LogP) is 3.81. The van der Waals surface area contributed by atoms with Gasteiger partial charge in [0, 0.05) is 17.3 Å². The van der Waals surface area contributed by atoms with Crippen molar-refractivity contribution >= 4 is 34.0 Å². The van der Waals surface area contributed by atoms with Gasteiger partial charge < -0.3 is 9.73 Å². The number of oxazole rings is 1. The van der Waals surface area contributed by atoms with Crippen LogP contribution in [0.1, 0.15) is 15.4 Å². The molecule has 25 heavy (non-hydrogen) atoms. The van der Waals surface area contributed by atoms with Gasteiger partial charge in [0.05, 0.1) is 11.2 Å². The van der Waals surface area contributed by atoms with Gasteiger partial charge in [-0.2, -0.15) is 0 Å². The summed E-state index contributed by atoms with van der Waals surface area (Å²) in [6, 6.07) is 14.7. The van der Waals surface area contributed by atoms with Crippen molar-refractivity contribution in [2.45, 2.75) is 6.92 Å². The number of amides is 1. The Morgan fingerprint density at radius 2 is 2.00 bits per heavy atom. The van der Waals surface area contributed by atoms with E-state index in [1.807, 2.05) is 37.3 Å². The molecule has 2 aromatic heterocycles. The second-order valence-corrected chi connectivity index (χ2v) is 6.48. The molecule has 124 valence electrons. The quantitative estimate of drug-likeness (QED) is 0.587. The molecule has 0 aliphatic heterocycles. The van der Waals surface area contributed by atoms with Gasteiger partial charge in [-0.1, -0.05) is 30.3 Å². The zero-order valence-corrected chi connectivity index (χ0v) is 14.0. The van der Waals surface area contributed by atoms with E-state index in [0.29, 0.717) is 27.4 Å². The minimum atomic E-state index is -0.524. The smallest absolute Gasteiger partial charge is 0.408 e. The molecule has 7 heteroatoms. The average Bonchev–Trinajstić information content (AvgIpc) is 3.17. The molecule has 2 aromatic carbocycles. The number of hydrogen-bond donors (Lipinski definition) is 2. The third-order valence-corrected chi connectivity index (χ3v) is 4.91. The van der Waals surface area contributed by atoms with Crippen LogP contribution in [-0.2, 0) is 0 Å². The molecular formula is C18H13N3O3S. The summed E-state index contributed by atoms with van der Waals surface area (Å²) in [7, 11) is 0. The Labute approximate surface area is 146 Å². The van der Waals surface area contributed by atoms with E-state index in [-0.39, 0.29) is 5.91 Å². The molecule has 2 N–H and O–H groups in total. The van der Waals surface area contributed by atoms with Crippen molar-refractivity contribution in [1.82, 2.24) is 9.97 Å². The fourth-order valence-electron chi connectivity index (χ4n) is 2.52. The first-order valence-electron chi connectivity index (χ1n) is 7.57. The number of benzene rings is 2. The van der Waals surface area contributed by atoms with Crippen molar-refractivity contribution in [2.75, 3.05) is 5.32 Å². The van der Waals surface area contributed by atoms with Gasteiger partial charge in [0.25, 0.3) is 5.91 Å². The van der Waals surface area contributed by atoms with E-state index in [2.05, 4.69) is 15.3 Å². The van der Waals surface area contributed by atoms with E-state index in [1.165, 1.54) is 11.3 Å². The largest absolute Gasteiger partial charge is 0.417 e. The Hall–Kier alpha value is -3.19. The zero-order chi connectivity index (χ0) is 17.4. The number of rotatable bonds is 3. The lowest BCUT2D eigenvalue weighted by Gasteiger charge is -2.03. The monoisotopic (exact) mass is 351 g/mol. The summed E-state index contributed by atoms with van der Waals surface area (Å²) in [5.74, 6) is -0.765. The number of carbonyl (C=O) groups is 1. The number of aromatic amines is 1. The number of nitrogens with zero attached hydrogens (tertiary/aromatic N) is 1. The van der Waals surface area contributed by atoms with Gasteiger partial charge in [-0.15, -0.1) is 11.3 Å². The fourth-order valence-corrected chi connectivity index (χ4v) is 3.49. The highest BCUT2D eigenvalue weighted by atomic mass is 32.1. The van der Waals surface area contributed by atoms with Crippen LogP contribution in [0.3, 0.4) is 0 Å². The van der Waals surface area contributed by atoms with Crippen LogP contribution in [0, 0.1) is 6.92 Å². The first-order valence-corrected chi connectivity index (χ1v) is 8.39. The van der Waals surface area contributed by atoms with Crippen LogP contribution in [0.25, 0.3) is 21.7 Å². The lowest BCUT2D eigenvalue weighted by molar-refractivity contribution is 0.103. The number of carbonyl (C=O) groups excluding carboxylic acids is 1. The third kappa shape index (κ3) is 2.97. The Kier molecular flexibility index (Phi) is 3.70. The summed E-state index contributed by atoms with van der Waals surface area (Å²) >= 11 is 1.34. The first-order chi connectivity index (χ1) is 12.1. The van der Waals surface area contributed by atoms with Gasteiger partial charge in [-0.25, -0.2) is 9.78 Å². The van der Waals surface area contributed by atoms with E-state index in [1.54, 1.807) is 18.2 Å². The number of nitrogens with one attached hydrogen (secondary N) is 2. The lowest BCUT2D eigenvalue weighted by atomic mass is 10.2. The maximum Gasteiger partial charge on any atom is 0.417 e. The molecule has 0 fully saturated rings. The van der Waals surface area contributed by atoms with Crippen molar-refractivity contribution in [1.29, 1.82) is 0 Å². The zero-order valence-electron chi connectivity index (χ0n) is 13.2. The van der Waals surface area contributed by atoms with Crippen LogP contribution in [-0.4, -0.2) is 15.9 Å². The number of thiazole rings is 1. The topological polar surface area (TPSA) is 88.0 Å². The molecule has 0 radical (unpaired) electrons. The molecule has 1 amide bonds. The van der Waals surface area contributed by atoms with E-state index in [0.717, 1.165) is 10.6 Å². The summed E-state index contributed by atoms with van der Waals surface area (Å²) in [5, 5.41) is 3.62. The van der Waals surface area contributed by atoms with Crippen molar-refractivity contribution in [3.63, 3.8) is 0 Å². The summed E-state index contributed by atoms with van der Waals surface area (Å²) in [6.07, 6.45) is 0. The van der Waals surface area contributed by atoms with Gasteiger partial charge in [0.1, 0.15) is 9.88 Å². The van der Waals surface area contributed by atoms with Crippen molar-refractivity contribution in [2.24, 2.45) is 0 Å². The molecule has 6 nitrogen and oxygen atoms in total. The number of aromatic nitrogens is 2. The van der Waals surface area contributed by atoms with E-state index >= 15 is 0 Å². The number of anilines is 1. The SMILES string of the molecule is Cc1nc(-c2ccccc2)sc1C(=O)Nc1ccc2[nH]c(=O)oc2c1. The Morgan fingerprint density at radius 3 is 2.80 bits per heavy atom. The van der Waals surface area contributed by atoms with Gasteiger partial charge in [0.15, 0.2) is 5.58 Å². The van der Waals surface area contributed by atoms with E-state index in [9.17, 15) is 9.59 Å². The highest BCUT2D eigenvalue weighted by Gasteiger charge is 2.16. The molecule has 4 rings (SSSR count). The van der Waals surface area contributed by atoms with Crippen LogP contribution < -0.4 is 11.1 Å². The van der Waals surface area contributed by atoms with Crippen molar-refractivity contribution in [3.05, 3.63) is 69.7 Å². The lowest BCUT2D eigenvalue weighted by Crippen LogP contribution is -2.11. The van der Waals surface area contributed by atoms with Crippen LogP contribution >= 0.6 is 11.3 Å². The average molecular weight is 351 g/mol. The van der Waals surface area contributed by atoms with Gasteiger partial charge in [-0.05, 0) is 19.1 Å². The van der Waals surface area contributed by atoms with Gasteiger partial charge in [-0.3, -0.25) is 9.78 Å². The molecule has 0 saturated heterocycles. The van der Waals surface area contributed by atoms with Gasteiger partial charge in [0.2, 0.25) is 0 Å². The van der Waals surface area contributed by atoms with Gasteiger partial charge >= 0.3 is 5.76 Å². The van der Waals surface area contributed by atoms with E-state index in [4.69, 9.17) is 4.42 Å². The molecule has 0 atom stereocenters. The van der Waals surface area contributed by atoms with Crippen LogP contribution in [0.5, 0.6) is 0 Å². The van der Waals surface area contributed by atoms with Crippen molar-refractivity contribution < 1.29 is 9.21 Å². The Morgan fingerprint density at radius 1 is 1.20 bits per heavy atom. The molecular weight excluding hydrogens is 338 g/mol. The summed E-state index contributed by atoms with van der Waals surface area (Å²) in [4.78, 5) is 31.4. The highest BCUT2D eigenvalue weighted by Crippen LogP contribution is 2.28. The number of fused-ring (bicyclic) bond motifs is 1. The highest BCUT2D eigenvalue weighted by molar-refractivity contribution is 7.17. The molecule has 0 bridgehead atoms. The van der Waals surface area contributed by atoms with E-state index < -0.39 is 5.76 Å². The molecule has 0 saturated carbocycles. The normalized spacial score (nSPS) is 10.9. The molecule has 0 aliphatic rings. The fraction of sp³-hybridized carbons (Fsp3) is 0.0556. The number of H-pyrrole nitrogens is 1. The summed E-state index contributed by atoms with van der Waals surface area (Å²) < 4.78 is 5.01. The Balaban J connectivity index is 1.62. The molecule has 0 unspecified atom stereocenters. The minimum absolute atomic E-state index is 0.241. The molecule has 2 heterocycles. The Bertz CT molecular complexity index is 1130. The summed E-state index contributed by atoms with van der Waals surface area (Å²) in [6.45, 7) is 1.81. The maximum atomic E-state index is 12.6. The molecule has 4 aromatic rings. The molecule has 0 aliphatic carbocycles. The minimum Gasteiger partial charge on any atom is -0.408 e. The third-order valence-electron chi connectivity index (χ3n) is 3.70. The van der Waals surface area contributed by atoms with Crippen LogP contribution in [0.15, 0.2) is 57.7 Å². The second kappa shape index (κ2) is 6.03. The predicted molar refractivity (Wildman–Crippen MR) is 97.1 cm³/mol. The maximum absolute atomic E-state index is 12.6. The first kappa shape index (κ1) is 15.3. The molecule has 0 spiro atoms. The second-order valence-electron chi connectivity index (χ2n) is 5.48.